The molecule has 0 aliphatic heterocycles. The Labute approximate surface area is 192 Å². The fourth-order valence-electron chi connectivity index (χ4n) is 3.26. The summed E-state index contributed by atoms with van der Waals surface area (Å²) in [6, 6.07) is 5.68. The third-order valence-electron chi connectivity index (χ3n) is 4.86. The molecule has 1 atom stereocenters. The fourth-order valence-corrected chi connectivity index (χ4v) is 3.39. The minimum Gasteiger partial charge on any atom is -0.372 e. The predicted molar refractivity (Wildman–Crippen MR) is 133 cm³/mol. The standard InChI is InChI=1S/C22H33N8OP/c1-8-29(9-2)16-10-11-17(18(14-16)25-15(3)31)26-27-21-19(23-7)20(22(4,5)6)28-30(21)13-12-24-32/h10-11,14,24H,8-9,12-13,32H2,1-6H3,(H,25,31)/b27-26+. The molecule has 1 aromatic heterocycles. The first-order valence-corrected chi connectivity index (χ1v) is 11.2. The molecule has 2 rings (SSSR count). The van der Waals surface area contributed by atoms with E-state index in [1.54, 1.807) is 4.68 Å². The van der Waals surface area contributed by atoms with Gasteiger partial charge in [0.05, 0.1) is 24.5 Å². The first-order chi connectivity index (χ1) is 15.2. The van der Waals surface area contributed by atoms with Gasteiger partial charge in [0.1, 0.15) is 5.69 Å². The van der Waals surface area contributed by atoms with Gasteiger partial charge in [-0.15, -0.1) is 10.2 Å². The van der Waals surface area contributed by atoms with Crippen LogP contribution in [0.5, 0.6) is 0 Å². The molecule has 1 unspecified atom stereocenters. The van der Waals surface area contributed by atoms with Crippen LogP contribution in [0, 0.1) is 6.57 Å². The van der Waals surface area contributed by atoms with Gasteiger partial charge in [0.25, 0.3) is 5.69 Å². The number of azo groups is 1. The molecule has 2 aromatic rings. The second-order valence-electron chi connectivity index (χ2n) is 8.31. The van der Waals surface area contributed by atoms with Crippen molar-refractivity contribution in [3.05, 3.63) is 35.3 Å². The summed E-state index contributed by atoms with van der Waals surface area (Å²) >= 11 is 0. The SMILES string of the molecule is [C-]#[N+]c1c(C(C)(C)C)nn(CCNP)c1/N=N/c1ccc(N(CC)CC)cc1NC(C)=O. The Morgan fingerprint density at radius 3 is 2.50 bits per heavy atom. The Morgan fingerprint density at radius 1 is 1.28 bits per heavy atom. The first kappa shape index (κ1) is 25.4. The van der Waals surface area contributed by atoms with E-state index in [1.165, 1.54) is 6.92 Å². The highest BCUT2D eigenvalue weighted by molar-refractivity contribution is 7.13. The van der Waals surface area contributed by atoms with Gasteiger partial charge in [-0.05, 0) is 37.5 Å². The highest BCUT2D eigenvalue weighted by Gasteiger charge is 2.27. The minimum absolute atomic E-state index is 0.188. The van der Waals surface area contributed by atoms with Gasteiger partial charge in [-0.3, -0.25) is 14.6 Å². The van der Waals surface area contributed by atoms with Crippen molar-refractivity contribution >= 4 is 43.9 Å². The maximum Gasteiger partial charge on any atom is 0.255 e. The number of rotatable bonds is 9. The second kappa shape index (κ2) is 11.2. The lowest BCUT2D eigenvalue weighted by atomic mass is 9.91. The number of benzene rings is 1. The highest BCUT2D eigenvalue weighted by Crippen LogP contribution is 2.40. The van der Waals surface area contributed by atoms with E-state index in [9.17, 15) is 4.79 Å². The van der Waals surface area contributed by atoms with Crippen LogP contribution in [0.25, 0.3) is 4.85 Å². The van der Waals surface area contributed by atoms with Gasteiger partial charge < -0.3 is 10.2 Å². The van der Waals surface area contributed by atoms with Crippen LogP contribution in [0.15, 0.2) is 28.4 Å². The van der Waals surface area contributed by atoms with Crippen molar-refractivity contribution in [1.82, 2.24) is 14.9 Å². The van der Waals surface area contributed by atoms with Crippen molar-refractivity contribution in [2.24, 2.45) is 10.2 Å². The largest absolute Gasteiger partial charge is 0.372 e. The fraction of sp³-hybridized carbons (Fsp3) is 0.500. The van der Waals surface area contributed by atoms with Crippen LogP contribution in [0.4, 0.5) is 28.6 Å². The third kappa shape index (κ3) is 6.12. The molecule has 1 heterocycles. The summed E-state index contributed by atoms with van der Waals surface area (Å²) in [4.78, 5) is 17.7. The summed E-state index contributed by atoms with van der Waals surface area (Å²) < 4.78 is 1.71. The molecule has 0 saturated heterocycles. The van der Waals surface area contributed by atoms with Crippen molar-refractivity contribution in [2.75, 3.05) is 29.9 Å². The van der Waals surface area contributed by atoms with Crippen LogP contribution in [-0.2, 0) is 16.8 Å². The summed E-state index contributed by atoms with van der Waals surface area (Å²) in [5.41, 5.74) is 2.85. The normalized spacial score (nSPS) is 11.6. The van der Waals surface area contributed by atoms with Gasteiger partial charge in [0.2, 0.25) is 5.91 Å². The Balaban J connectivity index is 2.57. The topological polar surface area (TPSA) is 91.3 Å². The smallest absolute Gasteiger partial charge is 0.255 e. The molecule has 32 heavy (non-hydrogen) atoms. The number of hydrogen-bond donors (Lipinski definition) is 2. The van der Waals surface area contributed by atoms with Crippen molar-refractivity contribution < 1.29 is 4.79 Å². The maximum atomic E-state index is 11.8. The molecule has 0 spiro atoms. The maximum absolute atomic E-state index is 11.8. The number of amides is 1. The summed E-state index contributed by atoms with van der Waals surface area (Å²) in [6.45, 7) is 22.3. The summed E-state index contributed by atoms with van der Waals surface area (Å²) in [5, 5.41) is 19.4. The first-order valence-electron chi connectivity index (χ1n) is 10.7. The molecule has 0 aliphatic rings. The number of anilines is 2. The van der Waals surface area contributed by atoms with Crippen molar-refractivity contribution in [2.45, 2.75) is 53.5 Å². The summed E-state index contributed by atoms with van der Waals surface area (Å²) in [6.07, 6.45) is 0. The number of nitrogens with zero attached hydrogens (tertiary/aromatic N) is 6. The van der Waals surface area contributed by atoms with E-state index in [0.29, 0.717) is 41.7 Å². The van der Waals surface area contributed by atoms with Gasteiger partial charge in [0.15, 0.2) is 5.82 Å². The van der Waals surface area contributed by atoms with Crippen LogP contribution < -0.4 is 15.3 Å². The zero-order valence-corrected chi connectivity index (χ0v) is 20.9. The molecule has 172 valence electrons. The molecular weight excluding hydrogens is 423 g/mol. The lowest BCUT2D eigenvalue weighted by molar-refractivity contribution is -0.114. The van der Waals surface area contributed by atoms with E-state index in [0.717, 1.165) is 18.8 Å². The van der Waals surface area contributed by atoms with Crippen LogP contribution in [0.1, 0.15) is 47.2 Å². The lowest BCUT2D eigenvalue weighted by Gasteiger charge is -2.22. The Hall–Kier alpha value is -2.82. The Morgan fingerprint density at radius 2 is 1.97 bits per heavy atom. The zero-order valence-electron chi connectivity index (χ0n) is 19.7. The average Bonchev–Trinajstić information content (AvgIpc) is 3.10. The summed E-state index contributed by atoms with van der Waals surface area (Å²) in [5.74, 6) is 0.221. The molecule has 0 saturated carbocycles. The van der Waals surface area contributed by atoms with E-state index in [1.807, 2.05) is 39.0 Å². The van der Waals surface area contributed by atoms with Gasteiger partial charge in [-0.2, -0.15) is 5.10 Å². The average molecular weight is 457 g/mol. The van der Waals surface area contributed by atoms with Crippen LogP contribution in [0.2, 0.25) is 0 Å². The third-order valence-corrected chi connectivity index (χ3v) is 5.15. The molecule has 10 heteroatoms. The number of carbonyl (C=O) groups is 1. The van der Waals surface area contributed by atoms with Crippen molar-refractivity contribution in [1.29, 1.82) is 0 Å². The van der Waals surface area contributed by atoms with E-state index in [4.69, 9.17) is 6.57 Å². The van der Waals surface area contributed by atoms with E-state index in [2.05, 4.69) is 58.7 Å². The Bertz CT molecular complexity index is 1010. The number of aromatic nitrogens is 2. The zero-order chi connectivity index (χ0) is 23.9. The Kier molecular flexibility index (Phi) is 8.88. The quantitative estimate of drug-likeness (QED) is 0.303. The molecule has 1 amide bonds. The van der Waals surface area contributed by atoms with Crippen molar-refractivity contribution in [3.8, 4) is 0 Å². The molecule has 0 aliphatic carbocycles. The van der Waals surface area contributed by atoms with E-state index in [-0.39, 0.29) is 11.3 Å². The van der Waals surface area contributed by atoms with Crippen LogP contribution in [-0.4, -0.2) is 35.3 Å². The molecular formula is C22H33N8OP. The van der Waals surface area contributed by atoms with Crippen LogP contribution in [0.3, 0.4) is 0 Å². The minimum atomic E-state index is -0.309. The van der Waals surface area contributed by atoms with Gasteiger partial charge in [0, 0.05) is 32.2 Å². The highest BCUT2D eigenvalue weighted by atomic mass is 31.0. The van der Waals surface area contributed by atoms with E-state index < -0.39 is 0 Å². The van der Waals surface area contributed by atoms with Crippen molar-refractivity contribution in [3.63, 3.8) is 0 Å². The van der Waals surface area contributed by atoms with Gasteiger partial charge in [-0.25, -0.2) is 4.85 Å². The number of carbonyl (C=O) groups excluding carboxylic acids is 1. The summed E-state index contributed by atoms with van der Waals surface area (Å²) in [7, 11) is 2.46. The monoisotopic (exact) mass is 456 g/mol. The number of nitrogens with one attached hydrogen (secondary N) is 2. The number of hydrogen-bond acceptors (Lipinski definition) is 6. The van der Waals surface area contributed by atoms with Gasteiger partial charge >= 0.3 is 0 Å². The predicted octanol–water partition coefficient (Wildman–Crippen LogP) is 5.33. The second-order valence-corrected chi connectivity index (χ2v) is 8.72. The van der Waals surface area contributed by atoms with E-state index >= 15 is 0 Å². The molecule has 9 nitrogen and oxygen atoms in total. The molecule has 1 aromatic carbocycles. The lowest BCUT2D eigenvalue weighted by Crippen LogP contribution is -2.21. The molecule has 0 radical (unpaired) electrons. The van der Waals surface area contributed by atoms with Crippen LogP contribution >= 0.6 is 9.39 Å². The molecule has 2 N–H and O–H groups in total. The molecule has 0 bridgehead atoms. The molecule has 0 fully saturated rings. The van der Waals surface area contributed by atoms with Gasteiger partial charge in [-0.1, -0.05) is 30.2 Å².